The molecular formula is C8H10I2N2O4S. The molecule has 0 aromatic carbocycles. The SMILES string of the molecule is O=C1CCC(=O)N1I.O=C1CCC(=O)N1I.S. The molecule has 2 rings (SSSR count). The fourth-order valence-corrected chi connectivity index (χ4v) is 2.06. The predicted molar refractivity (Wildman–Crippen MR) is 80.6 cm³/mol. The zero-order valence-electron chi connectivity index (χ0n) is 8.61. The van der Waals surface area contributed by atoms with E-state index in [1.54, 1.807) is 45.7 Å². The van der Waals surface area contributed by atoms with E-state index in [-0.39, 0.29) is 37.1 Å². The summed E-state index contributed by atoms with van der Waals surface area (Å²) < 4.78 is 2.27. The van der Waals surface area contributed by atoms with Crippen molar-refractivity contribution in [3.63, 3.8) is 0 Å². The van der Waals surface area contributed by atoms with Crippen LogP contribution >= 0.6 is 59.2 Å². The van der Waals surface area contributed by atoms with Crippen LogP contribution in [0.5, 0.6) is 0 Å². The molecule has 0 aromatic rings. The van der Waals surface area contributed by atoms with Gasteiger partial charge in [-0.25, -0.2) is 6.23 Å². The van der Waals surface area contributed by atoms with E-state index in [9.17, 15) is 19.2 Å². The Morgan fingerprint density at radius 3 is 0.882 bits per heavy atom. The van der Waals surface area contributed by atoms with E-state index in [1.807, 2.05) is 0 Å². The predicted octanol–water partition coefficient (Wildman–Crippen LogP) is 1.08. The lowest BCUT2D eigenvalue weighted by molar-refractivity contribution is -0.132. The number of nitrogens with zero attached hydrogens (tertiary/aromatic N) is 2. The normalized spacial score (nSPS) is 19.2. The van der Waals surface area contributed by atoms with Gasteiger partial charge in [-0.05, 0) is 0 Å². The van der Waals surface area contributed by atoms with E-state index < -0.39 is 0 Å². The largest absolute Gasteiger partial charge is 0.274 e. The maximum Gasteiger partial charge on any atom is 0.238 e. The van der Waals surface area contributed by atoms with Crippen LogP contribution in [-0.4, -0.2) is 29.9 Å². The number of hydrogen-bond acceptors (Lipinski definition) is 4. The van der Waals surface area contributed by atoms with E-state index >= 15 is 0 Å². The monoisotopic (exact) mass is 484 g/mol. The second kappa shape index (κ2) is 7.51. The molecule has 0 atom stereocenters. The maximum absolute atomic E-state index is 10.5. The smallest absolute Gasteiger partial charge is 0.238 e. The highest BCUT2D eigenvalue weighted by atomic mass is 127. The third kappa shape index (κ3) is 4.69. The summed E-state index contributed by atoms with van der Waals surface area (Å²) in [5, 5.41) is 0. The first kappa shape index (κ1) is 17.1. The summed E-state index contributed by atoms with van der Waals surface area (Å²) in [7, 11) is 0. The number of carbonyl (C=O) groups is 4. The molecule has 0 spiro atoms. The number of hydrogen-bond donors (Lipinski definition) is 0. The number of imide groups is 2. The summed E-state index contributed by atoms with van der Waals surface area (Å²) in [5.41, 5.74) is 0. The average Bonchev–Trinajstić information content (AvgIpc) is 2.70. The molecule has 0 radical (unpaired) electrons. The molecule has 0 bridgehead atoms. The Morgan fingerprint density at radius 1 is 0.647 bits per heavy atom. The Bertz CT molecular complexity index is 297. The van der Waals surface area contributed by atoms with Crippen LogP contribution in [-0.2, 0) is 19.2 Å². The second-order valence-corrected chi connectivity index (χ2v) is 5.07. The lowest BCUT2D eigenvalue weighted by atomic mass is 10.4. The number of carbonyl (C=O) groups excluding carboxylic acids is 4. The van der Waals surface area contributed by atoms with Gasteiger partial charge in [0.1, 0.15) is 0 Å². The lowest BCUT2D eigenvalue weighted by Gasteiger charge is -1.97. The first-order chi connectivity index (χ1) is 7.43. The Balaban J connectivity index is 0.000000284. The molecule has 2 aliphatic rings. The van der Waals surface area contributed by atoms with E-state index in [0.717, 1.165) is 6.23 Å². The fourth-order valence-electron chi connectivity index (χ4n) is 1.10. The van der Waals surface area contributed by atoms with Crippen molar-refractivity contribution in [2.24, 2.45) is 0 Å². The van der Waals surface area contributed by atoms with Crippen LogP contribution in [0.1, 0.15) is 25.7 Å². The van der Waals surface area contributed by atoms with Crippen molar-refractivity contribution >= 4 is 82.9 Å². The Hall–Kier alpha value is 0.0900. The molecule has 0 aliphatic carbocycles. The third-order valence-electron chi connectivity index (χ3n) is 1.98. The quantitative estimate of drug-likeness (QED) is 0.293. The van der Waals surface area contributed by atoms with Crippen LogP contribution < -0.4 is 0 Å². The minimum atomic E-state index is -0.0735. The molecule has 9 heteroatoms. The third-order valence-corrected chi connectivity index (χ3v) is 4.13. The molecule has 4 amide bonds. The van der Waals surface area contributed by atoms with Crippen molar-refractivity contribution in [1.82, 2.24) is 6.23 Å². The van der Waals surface area contributed by atoms with Gasteiger partial charge in [-0.1, -0.05) is 0 Å². The van der Waals surface area contributed by atoms with Crippen LogP contribution in [0.3, 0.4) is 0 Å². The maximum atomic E-state index is 10.5. The molecule has 6 nitrogen and oxygen atoms in total. The highest BCUT2D eigenvalue weighted by Gasteiger charge is 2.26. The van der Waals surface area contributed by atoms with Crippen LogP contribution in [0.25, 0.3) is 0 Å². The molecule has 2 saturated heterocycles. The van der Waals surface area contributed by atoms with Crippen molar-refractivity contribution in [2.75, 3.05) is 0 Å². The first-order valence-electron chi connectivity index (χ1n) is 4.46. The van der Waals surface area contributed by atoms with E-state index in [0.29, 0.717) is 25.7 Å². The lowest BCUT2D eigenvalue weighted by Crippen LogP contribution is -2.16. The Labute approximate surface area is 133 Å². The van der Waals surface area contributed by atoms with Gasteiger partial charge < -0.3 is 0 Å². The second-order valence-electron chi connectivity index (χ2n) is 3.14. The topological polar surface area (TPSA) is 74.8 Å². The molecule has 0 unspecified atom stereocenters. The summed E-state index contributed by atoms with van der Waals surface area (Å²) in [4.78, 5) is 41.9. The summed E-state index contributed by atoms with van der Waals surface area (Å²) in [6.45, 7) is 0. The summed E-state index contributed by atoms with van der Waals surface area (Å²) in [5.74, 6) is -0.294. The Kier molecular flexibility index (Phi) is 7.55. The van der Waals surface area contributed by atoms with E-state index in [4.69, 9.17) is 0 Å². The number of amides is 4. The average molecular weight is 484 g/mol. The van der Waals surface area contributed by atoms with Gasteiger partial charge in [0, 0.05) is 25.7 Å². The zero-order chi connectivity index (χ0) is 12.3. The van der Waals surface area contributed by atoms with Crippen LogP contribution in [0.2, 0.25) is 0 Å². The molecule has 96 valence electrons. The minimum absolute atomic E-state index is 0. The molecule has 0 N–H and O–H groups in total. The van der Waals surface area contributed by atoms with Crippen molar-refractivity contribution in [1.29, 1.82) is 0 Å². The molecule has 2 aliphatic heterocycles. The number of rotatable bonds is 0. The van der Waals surface area contributed by atoms with Crippen LogP contribution in [0.4, 0.5) is 0 Å². The van der Waals surface area contributed by atoms with Gasteiger partial charge in [0.2, 0.25) is 23.6 Å². The standard InChI is InChI=1S/2C4H4INO2.H2S/c2*5-6-3(7)1-2-4(6)8;/h2*1-2H2;1H2. The van der Waals surface area contributed by atoms with E-state index in [1.165, 1.54) is 0 Å². The van der Waals surface area contributed by atoms with Crippen molar-refractivity contribution < 1.29 is 19.2 Å². The van der Waals surface area contributed by atoms with Gasteiger partial charge in [-0.15, -0.1) is 0 Å². The highest BCUT2D eigenvalue weighted by Crippen LogP contribution is 2.15. The summed E-state index contributed by atoms with van der Waals surface area (Å²) >= 11 is 3.44. The van der Waals surface area contributed by atoms with Crippen LogP contribution in [0, 0.1) is 0 Å². The molecule has 0 saturated carbocycles. The Morgan fingerprint density at radius 2 is 0.824 bits per heavy atom. The van der Waals surface area contributed by atoms with Crippen molar-refractivity contribution in [3.8, 4) is 0 Å². The number of halogens is 2. The molecule has 0 aromatic heterocycles. The van der Waals surface area contributed by atoms with Gasteiger partial charge in [-0.3, -0.25) is 19.2 Å². The van der Waals surface area contributed by atoms with Gasteiger partial charge in [0.05, 0.1) is 45.7 Å². The van der Waals surface area contributed by atoms with Crippen molar-refractivity contribution in [2.45, 2.75) is 25.7 Å². The van der Waals surface area contributed by atoms with Gasteiger partial charge in [-0.2, -0.15) is 13.5 Å². The van der Waals surface area contributed by atoms with Gasteiger partial charge >= 0.3 is 0 Å². The first-order valence-corrected chi connectivity index (χ1v) is 6.39. The van der Waals surface area contributed by atoms with Gasteiger partial charge in [0.15, 0.2) is 0 Å². The zero-order valence-corrected chi connectivity index (χ0v) is 13.9. The van der Waals surface area contributed by atoms with E-state index in [2.05, 4.69) is 0 Å². The van der Waals surface area contributed by atoms with Gasteiger partial charge in [0.25, 0.3) is 0 Å². The molecule has 2 heterocycles. The summed E-state index contributed by atoms with van der Waals surface area (Å²) in [6.07, 6.45) is 1.56. The molecular weight excluding hydrogens is 474 g/mol. The minimum Gasteiger partial charge on any atom is -0.274 e. The van der Waals surface area contributed by atoms with Crippen molar-refractivity contribution in [3.05, 3.63) is 0 Å². The summed E-state index contributed by atoms with van der Waals surface area (Å²) in [6, 6.07) is 0. The van der Waals surface area contributed by atoms with Crippen LogP contribution in [0.15, 0.2) is 0 Å². The highest BCUT2D eigenvalue weighted by molar-refractivity contribution is 14.1. The fraction of sp³-hybridized carbons (Fsp3) is 0.500. The molecule has 17 heavy (non-hydrogen) atoms. The molecule has 2 fully saturated rings.